The molecule has 2 nitrogen and oxygen atoms in total. The number of nitrogens with zero attached hydrogens (tertiary/aromatic N) is 1. The average Bonchev–Trinajstić information content (AvgIpc) is 1.98. The Bertz CT molecular complexity index is 133. The van der Waals surface area contributed by atoms with Crippen molar-refractivity contribution in [2.45, 2.75) is 19.3 Å². The minimum Gasteiger partial charge on any atom is -0.320 e. The number of hydrogen-bond donors (Lipinski definition) is 1. The first-order chi connectivity index (χ1) is 4.81. The molecule has 0 radical (unpaired) electrons. The largest absolute Gasteiger partial charge is 0.320 e. The monoisotopic (exact) mass is 138 g/mol. The lowest BCUT2D eigenvalue weighted by atomic mass is 10.1. The Morgan fingerprint density at radius 2 is 2.30 bits per heavy atom. The van der Waals surface area contributed by atoms with Crippen LogP contribution in [-0.2, 0) is 0 Å². The van der Waals surface area contributed by atoms with Crippen LogP contribution in [0.5, 0.6) is 0 Å². The molecule has 0 aliphatic rings. The maximum absolute atomic E-state index is 8.33. The minimum absolute atomic E-state index is 0.691. The van der Waals surface area contributed by atoms with Crippen LogP contribution in [0, 0.1) is 11.3 Å². The quantitative estimate of drug-likeness (QED) is 0.461. The number of rotatable bonds is 5. The third-order valence-corrected chi connectivity index (χ3v) is 1.31. The molecule has 0 unspecified atom stereocenters. The van der Waals surface area contributed by atoms with Crippen LogP contribution in [0.2, 0.25) is 0 Å². The van der Waals surface area contributed by atoms with Gasteiger partial charge < -0.3 is 5.32 Å². The van der Waals surface area contributed by atoms with Crippen molar-refractivity contribution in [2.75, 3.05) is 13.6 Å². The lowest BCUT2D eigenvalue weighted by molar-refractivity contribution is 0.679. The van der Waals surface area contributed by atoms with Crippen LogP contribution in [0.25, 0.3) is 0 Å². The maximum Gasteiger partial charge on any atom is 0.0940 e. The average molecular weight is 138 g/mol. The summed E-state index contributed by atoms with van der Waals surface area (Å²) in [6, 6.07) is 2.03. The van der Waals surface area contributed by atoms with Crippen molar-refractivity contribution in [3.63, 3.8) is 0 Å². The summed E-state index contributed by atoms with van der Waals surface area (Å²) in [6.07, 6.45) is 3.03. The molecule has 0 fully saturated rings. The predicted molar refractivity (Wildman–Crippen MR) is 42.5 cm³/mol. The zero-order chi connectivity index (χ0) is 7.82. The fourth-order valence-corrected chi connectivity index (χ4v) is 0.696. The molecule has 0 aromatic carbocycles. The molecule has 0 aliphatic heterocycles. The van der Waals surface area contributed by atoms with E-state index in [0.717, 1.165) is 25.8 Å². The van der Waals surface area contributed by atoms with E-state index in [4.69, 9.17) is 5.26 Å². The summed E-state index contributed by atoms with van der Waals surface area (Å²) in [5.41, 5.74) is 0.691. The Kier molecular flexibility index (Phi) is 5.80. The van der Waals surface area contributed by atoms with Gasteiger partial charge >= 0.3 is 0 Å². The van der Waals surface area contributed by atoms with Gasteiger partial charge in [-0.25, -0.2) is 0 Å². The highest BCUT2D eigenvalue weighted by atomic mass is 14.8. The lowest BCUT2D eigenvalue weighted by Crippen LogP contribution is -2.06. The third kappa shape index (κ3) is 5.33. The molecule has 0 rings (SSSR count). The van der Waals surface area contributed by atoms with Crippen LogP contribution in [0.15, 0.2) is 12.2 Å². The second-order valence-corrected chi connectivity index (χ2v) is 2.28. The van der Waals surface area contributed by atoms with E-state index in [9.17, 15) is 0 Å². The molecule has 1 N–H and O–H groups in total. The van der Waals surface area contributed by atoms with Crippen LogP contribution in [-0.4, -0.2) is 13.6 Å². The summed E-state index contributed by atoms with van der Waals surface area (Å²) in [5, 5.41) is 11.4. The van der Waals surface area contributed by atoms with Gasteiger partial charge in [0.2, 0.25) is 0 Å². The molecule has 0 aromatic rings. The van der Waals surface area contributed by atoms with Gasteiger partial charge in [0.15, 0.2) is 0 Å². The fourth-order valence-electron chi connectivity index (χ4n) is 0.696. The molecule has 0 amide bonds. The van der Waals surface area contributed by atoms with E-state index in [-0.39, 0.29) is 0 Å². The van der Waals surface area contributed by atoms with Crippen LogP contribution >= 0.6 is 0 Å². The van der Waals surface area contributed by atoms with Crippen molar-refractivity contribution in [1.82, 2.24) is 5.32 Å². The van der Waals surface area contributed by atoms with Gasteiger partial charge in [0.25, 0.3) is 0 Å². The van der Waals surface area contributed by atoms with E-state index in [1.54, 1.807) is 0 Å². The fraction of sp³-hybridized carbons (Fsp3) is 0.625. The molecule has 0 bridgehead atoms. The van der Waals surface area contributed by atoms with Gasteiger partial charge in [-0.1, -0.05) is 6.58 Å². The number of allylic oxidation sites excluding steroid dienone is 1. The predicted octanol–water partition coefficient (Wildman–Crippen LogP) is 1.46. The van der Waals surface area contributed by atoms with E-state index in [1.807, 2.05) is 13.1 Å². The maximum atomic E-state index is 8.33. The van der Waals surface area contributed by atoms with Crippen molar-refractivity contribution >= 4 is 0 Å². The summed E-state index contributed by atoms with van der Waals surface area (Å²) in [7, 11) is 1.93. The number of unbranched alkanes of at least 4 members (excludes halogenated alkanes) is 1. The summed E-state index contributed by atoms with van der Waals surface area (Å²) < 4.78 is 0. The van der Waals surface area contributed by atoms with E-state index < -0.39 is 0 Å². The topological polar surface area (TPSA) is 35.8 Å². The van der Waals surface area contributed by atoms with Crippen LogP contribution in [0.1, 0.15) is 19.3 Å². The van der Waals surface area contributed by atoms with Crippen LogP contribution in [0.4, 0.5) is 0 Å². The zero-order valence-corrected chi connectivity index (χ0v) is 6.48. The van der Waals surface area contributed by atoms with Gasteiger partial charge in [0.05, 0.1) is 6.07 Å². The molecule has 0 aliphatic carbocycles. The second-order valence-electron chi connectivity index (χ2n) is 2.28. The smallest absolute Gasteiger partial charge is 0.0940 e. The second kappa shape index (κ2) is 6.31. The van der Waals surface area contributed by atoms with Gasteiger partial charge in [0, 0.05) is 5.57 Å². The first-order valence-corrected chi connectivity index (χ1v) is 3.53. The first-order valence-electron chi connectivity index (χ1n) is 3.53. The van der Waals surface area contributed by atoms with E-state index in [1.165, 1.54) is 0 Å². The highest BCUT2D eigenvalue weighted by Crippen LogP contribution is 2.02. The van der Waals surface area contributed by atoms with Gasteiger partial charge in [-0.2, -0.15) is 5.26 Å². The molecule has 0 saturated carbocycles. The molecular formula is C8H14N2. The summed E-state index contributed by atoms with van der Waals surface area (Å²) in [6.45, 7) is 4.62. The lowest BCUT2D eigenvalue weighted by Gasteiger charge is -1.96. The van der Waals surface area contributed by atoms with Gasteiger partial charge in [-0.15, -0.1) is 0 Å². The molecule has 0 spiro atoms. The Morgan fingerprint density at radius 1 is 1.60 bits per heavy atom. The summed E-state index contributed by atoms with van der Waals surface area (Å²) in [4.78, 5) is 0. The molecule has 2 heteroatoms. The van der Waals surface area contributed by atoms with E-state index in [2.05, 4.69) is 11.9 Å². The number of hydrogen-bond acceptors (Lipinski definition) is 2. The highest BCUT2D eigenvalue weighted by Gasteiger charge is 1.90. The molecule has 56 valence electrons. The minimum atomic E-state index is 0.691. The van der Waals surface area contributed by atoms with Gasteiger partial charge in [0.1, 0.15) is 0 Å². The van der Waals surface area contributed by atoms with Crippen molar-refractivity contribution in [2.24, 2.45) is 0 Å². The van der Waals surface area contributed by atoms with Gasteiger partial charge in [-0.3, -0.25) is 0 Å². The van der Waals surface area contributed by atoms with Crippen molar-refractivity contribution in [1.29, 1.82) is 5.26 Å². The molecule has 0 heterocycles. The Morgan fingerprint density at radius 3 is 2.80 bits per heavy atom. The Hall–Kier alpha value is -0.810. The SMILES string of the molecule is C=C(C#N)CCCCNC. The first kappa shape index (κ1) is 9.19. The van der Waals surface area contributed by atoms with Crippen molar-refractivity contribution in [3.05, 3.63) is 12.2 Å². The molecule has 0 saturated heterocycles. The van der Waals surface area contributed by atoms with Crippen molar-refractivity contribution < 1.29 is 0 Å². The summed E-state index contributed by atoms with van der Waals surface area (Å²) >= 11 is 0. The highest BCUT2D eigenvalue weighted by molar-refractivity contribution is 5.14. The normalized spacial score (nSPS) is 8.80. The molecule has 10 heavy (non-hydrogen) atoms. The van der Waals surface area contributed by atoms with Crippen LogP contribution < -0.4 is 5.32 Å². The molecule has 0 atom stereocenters. The van der Waals surface area contributed by atoms with Gasteiger partial charge in [-0.05, 0) is 32.9 Å². The summed E-state index contributed by atoms with van der Waals surface area (Å²) in [5.74, 6) is 0. The number of nitrogens with one attached hydrogen (secondary N) is 1. The zero-order valence-electron chi connectivity index (χ0n) is 6.48. The van der Waals surface area contributed by atoms with E-state index >= 15 is 0 Å². The van der Waals surface area contributed by atoms with Crippen molar-refractivity contribution in [3.8, 4) is 6.07 Å². The Labute approximate surface area is 62.5 Å². The number of nitriles is 1. The third-order valence-electron chi connectivity index (χ3n) is 1.31. The molecule has 0 aromatic heterocycles. The molecular weight excluding hydrogens is 124 g/mol. The standard InChI is InChI=1S/C8H14N2/c1-8(7-9)5-3-4-6-10-2/h10H,1,3-6H2,2H3. The van der Waals surface area contributed by atoms with E-state index in [0.29, 0.717) is 5.57 Å². The van der Waals surface area contributed by atoms with Crippen LogP contribution in [0.3, 0.4) is 0 Å². The Balaban J connectivity index is 3.06.